The summed E-state index contributed by atoms with van der Waals surface area (Å²) in [6.45, 7) is 3.46. The molecular weight excluding hydrogens is 245 g/mol. The summed E-state index contributed by atoms with van der Waals surface area (Å²) in [5, 5.41) is 0. The number of hydrogen-bond acceptors (Lipinski definition) is 4. The first-order valence-electron chi connectivity index (χ1n) is 4.87. The second-order valence-corrected chi connectivity index (χ2v) is 9.75. The molecule has 0 aliphatic rings. The molecule has 4 nitrogen and oxygen atoms in total. The van der Waals surface area contributed by atoms with E-state index in [0.717, 1.165) is 5.56 Å². The summed E-state index contributed by atoms with van der Waals surface area (Å²) in [6, 6.07) is 6.97. The van der Waals surface area contributed by atoms with Crippen molar-refractivity contribution in [2.24, 2.45) is 0 Å². The van der Waals surface area contributed by atoms with Gasteiger partial charge in [0.05, 0.1) is 0 Å². The van der Waals surface area contributed by atoms with Gasteiger partial charge in [-0.3, -0.25) is 0 Å². The van der Waals surface area contributed by atoms with Crippen molar-refractivity contribution >= 4 is 17.4 Å². The average molecular weight is 263 g/mol. The van der Waals surface area contributed by atoms with Crippen LogP contribution in [0, 0.1) is 11.7 Å². The van der Waals surface area contributed by atoms with Crippen molar-refractivity contribution < 1.29 is 13.6 Å². The Morgan fingerprint density at radius 3 is 2.38 bits per heavy atom. The summed E-state index contributed by atoms with van der Waals surface area (Å²) in [5.74, 6) is 0. The van der Waals surface area contributed by atoms with Crippen LogP contribution in [0.4, 0.5) is 0 Å². The maximum absolute atomic E-state index is 12.1. The fraction of sp³-hybridized carbons (Fsp3) is 0.400. The van der Waals surface area contributed by atoms with Crippen LogP contribution in [0.25, 0.3) is 0 Å². The Kier molecular flexibility index (Phi) is 4.07. The van der Waals surface area contributed by atoms with E-state index in [1.807, 2.05) is 19.1 Å². The molecule has 0 heterocycles. The Hall–Kier alpha value is -0.480. The van der Waals surface area contributed by atoms with Crippen molar-refractivity contribution in [1.29, 1.82) is 4.78 Å². The first kappa shape index (κ1) is 13.6. The van der Waals surface area contributed by atoms with Gasteiger partial charge in [0.1, 0.15) is 0 Å². The van der Waals surface area contributed by atoms with Gasteiger partial charge in [-0.25, -0.2) is 0 Å². The molecule has 0 spiro atoms. The number of rotatable bonds is 4. The Balaban J connectivity index is 2.99. The van der Waals surface area contributed by atoms with Crippen molar-refractivity contribution in [3.05, 3.63) is 29.8 Å². The van der Waals surface area contributed by atoms with Crippen LogP contribution in [0.2, 0.25) is 0 Å². The Morgan fingerprint density at radius 2 is 1.94 bits per heavy atom. The van der Waals surface area contributed by atoms with Crippen LogP contribution in [-0.4, -0.2) is 28.4 Å². The number of nitrogens with one attached hydrogen (secondary N) is 1. The average Bonchev–Trinajstić information content (AvgIpc) is 2.17. The predicted molar refractivity (Wildman–Crippen MR) is 68.6 cm³/mol. The molecule has 1 unspecified atom stereocenters. The van der Waals surface area contributed by atoms with E-state index in [4.69, 9.17) is 9.30 Å². The van der Waals surface area contributed by atoms with Gasteiger partial charge in [-0.1, -0.05) is 0 Å². The van der Waals surface area contributed by atoms with Gasteiger partial charge in [-0.15, -0.1) is 0 Å². The molecule has 0 aromatic heterocycles. The summed E-state index contributed by atoms with van der Waals surface area (Å²) in [6.07, 6.45) is 0. The van der Waals surface area contributed by atoms with Gasteiger partial charge in [0, 0.05) is 0 Å². The second-order valence-electron chi connectivity index (χ2n) is 4.01. The van der Waals surface area contributed by atoms with E-state index in [2.05, 4.69) is 0 Å². The molecular formula is C10H18NO3PS. The molecule has 1 atom stereocenters. The van der Waals surface area contributed by atoms with E-state index >= 15 is 0 Å². The van der Waals surface area contributed by atoms with Crippen LogP contribution < -0.4 is 0 Å². The molecule has 0 radical (unpaired) electrons. The molecule has 0 bridgehead atoms. The van der Waals surface area contributed by atoms with E-state index in [-0.39, 0.29) is 5.49 Å². The fourth-order valence-electron chi connectivity index (χ4n) is 1.28. The molecule has 0 saturated carbocycles. The SMILES string of the molecule is CO[PH](C)(O)CS(=N)(=O)c1ccc(C)cc1. The Labute approximate surface area is 97.1 Å². The molecule has 1 aromatic carbocycles. The van der Waals surface area contributed by atoms with E-state index < -0.39 is 17.4 Å². The van der Waals surface area contributed by atoms with Crippen molar-refractivity contribution in [2.45, 2.75) is 11.8 Å². The minimum atomic E-state index is -2.97. The van der Waals surface area contributed by atoms with Gasteiger partial charge < -0.3 is 0 Å². The zero-order valence-corrected chi connectivity index (χ0v) is 11.5. The number of benzene rings is 1. The standard InChI is InChI=1S/C10H18NO3PS/c1-9-4-6-10(7-5-9)16(11,13)8-15(3,12)14-2/h4-7,11-12,15H,8H2,1-3H3. The van der Waals surface area contributed by atoms with Gasteiger partial charge in [0.15, 0.2) is 0 Å². The molecule has 6 heteroatoms. The van der Waals surface area contributed by atoms with E-state index in [1.54, 1.807) is 12.1 Å². The summed E-state index contributed by atoms with van der Waals surface area (Å²) < 4.78 is 24.9. The quantitative estimate of drug-likeness (QED) is 0.818. The van der Waals surface area contributed by atoms with Crippen LogP contribution in [0.5, 0.6) is 0 Å². The van der Waals surface area contributed by atoms with Crippen LogP contribution >= 0.6 is 7.72 Å². The molecule has 2 N–H and O–H groups in total. The minimum absolute atomic E-state index is 0.0977. The molecule has 0 aliphatic heterocycles. The third-order valence-electron chi connectivity index (χ3n) is 2.31. The molecule has 0 amide bonds. The molecule has 0 fully saturated rings. The molecule has 0 saturated heterocycles. The van der Waals surface area contributed by atoms with Crippen LogP contribution in [-0.2, 0) is 14.3 Å². The second kappa shape index (κ2) is 4.80. The first-order chi connectivity index (χ1) is 7.27. The Bertz CT molecular complexity index is 453. The number of hydrogen-bond donors (Lipinski definition) is 2. The van der Waals surface area contributed by atoms with Crippen LogP contribution in [0.3, 0.4) is 0 Å². The summed E-state index contributed by atoms with van der Waals surface area (Å²) in [7, 11) is -4.55. The maximum atomic E-state index is 12.1. The fourth-order valence-corrected chi connectivity index (χ4v) is 6.01. The van der Waals surface area contributed by atoms with Crippen molar-refractivity contribution in [3.8, 4) is 0 Å². The summed E-state index contributed by atoms with van der Waals surface area (Å²) in [5.41, 5.74) is 0.953. The van der Waals surface area contributed by atoms with Crippen LogP contribution in [0.15, 0.2) is 29.2 Å². The predicted octanol–water partition coefficient (Wildman–Crippen LogP) is 2.21. The zero-order valence-electron chi connectivity index (χ0n) is 9.69. The molecule has 16 heavy (non-hydrogen) atoms. The van der Waals surface area contributed by atoms with Gasteiger partial charge in [-0.2, -0.15) is 0 Å². The van der Waals surface area contributed by atoms with Crippen molar-refractivity contribution in [2.75, 3.05) is 19.3 Å². The van der Waals surface area contributed by atoms with Gasteiger partial charge >= 0.3 is 96.8 Å². The molecule has 0 aliphatic carbocycles. The molecule has 1 rings (SSSR count). The summed E-state index contributed by atoms with van der Waals surface area (Å²) in [4.78, 5) is 10.2. The summed E-state index contributed by atoms with van der Waals surface area (Å²) >= 11 is 0. The van der Waals surface area contributed by atoms with E-state index in [9.17, 15) is 9.10 Å². The van der Waals surface area contributed by atoms with Crippen molar-refractivity contribution in [3.63, 3.8) is 0 Å². The number of aryl methyl sites for hydroxylation is 1. The topological polar surface area (TPSA) is 70.4 Å². The van der Waals surface area contributed by atoms with E-state index in [1.165, 1.54) is 13.8 Å². The van der Waals surface area contributed by atoms with Gasteiger partial charge in [0.2, 0.25) is 0 Å². The first-order valence-corrected chi connectivity index (χ1v) is 9.16. The van der Waals surface area contributed by atoms with Crippen molar-refractivity contribution in [1.82, 2.24) is 0 Å². The zero-order chi connectivity index (χ0) is 12.4. The molecule has 1 aromatic rings. The third kappa shape index (κ3) is 3.52. The van der Waals surface area contributed by atoms with Gasteiger partial charge in [0.25, 0.3) is 0 Å². The third-order valence-corrected chi connectivity index (χ3v) is 7.99. The van der Waals surface area contributed by atoms with Crippen LogP contribution in [0.1, 0.15) is 5.56 Å². The van der Waals surface area contributed by atoms with E-state index in [0.29, 0.717) is 4.90 Å². The van der Waals surface area contributed by atoms with Gasteiger partial charge in [-0.05, 0) is 0 Å². The Morgan fingerprint density at radius 1 is 1.44 bits per heavy atom. The molecule has 92 valence electrons. The normalized spacial score (nSPS) is 16.8. The monoisotopic (exact) mass is 263 g/mol.